The molecule has 0 bridgehead atoms. The van der Waals surface area contributed by atoms with Gasteiger partial charge in [0.1, 0.15) is 11.5 Å². The second-order valence-corrected chi connectivity index (χ2v) is 6.03. The minimum absolute atomic E-state index is 0.153. The van der Waals surface area contributed by atoms with Gasteiger partial charge in [-0.15, -0.1) is 0 Å². The largest absolute Gasteiger partial charge is 0.456 e. The van der Waals surface area contributed by atoms with Crippen LogP contribution in [-0.2, 0) is 0 Å². The Morgan fingerprint density at radius 1 is 1.00 bits per heavy atom. The molecule has 2 aromatic carbocycles. The minimum atomic E-state index is -0.153. The summed E-state index contributed by atoms with van der Waals surface area (Å²) in [6.07, 6.45) is 3.32. The lowest BCUT2D eigenvalue weighted by Crippen LogP contribution is -2.11. The van der Waals surface area contributed by atoms with Gasteiger partial charge in [0.05, 0.1) is 6.20 Å². The molecule has 0 saturated carbocycles. The van der Waals surface area contributed by atoms with Crippen LogP contribution in [0.15, 0.2) is 73.1 Å². The number of halogens is 1. The molecule has 0 aliphatic rings. The van der Waals surface area contributed by atoms with Crippen LogP contribution in [0.4, 0.5) is 5.69 Å². The predicted molar refractivity (Wildman–Crippen MR) is 97.9 cm³/mol. The van der Waals surface area contributed by atoms with E-state index in [1.54, 1.807) is 42.7 Å². The Balaban J connectivity index is 1.68. The van der Waals surface area contributed by atoms with Crippen LogP contribution < -0.4 is 10.1 Å². The molecule has 5 heteroatoms. The molecule has 3 rings (SSSR count). The predicted octanol–water partition coefficient (Wildman–Crippen LogP) is 4.73. The number of aromatic nitrogens is 1. The van der Waals surface area contributed by atoms with Gasteiger partial charge in [0, 0.05) is 21.0 Å². The van der Waals surface area contributed by atoms with Crippen molar-refractivity contribution in [2.75, 3.05) is 5.32 Å². The summed E-state index contributed by atoms with van der Waals surface area (Å²) >= 11 is 2.21. The molecule has 0 radical (unpaired) electrons. The van der Waals surface area contributed by atoms with Crippen molar-refractivity contribution in [1.82, 2.24) is 4.98 Å². The van der Waals surface area contributed by atoms with Crippen molar-refractivity contribution < 1.29 is 9.53 Å². The average Bonchev–Trinajstić information content (AvgIpc) is 2.56. The summed E-state index contributed by atoms with van der Waals surface area (Å²) in [5.41, 5.74) is 1.35. The lowest BCUT2D eigenvalue weighted by atomic mass is 10.2. The highest BCUT2D eigenvalue weighted by atomic mass is 127. The quantitative estimate of drug-likeness (QED) is 0.626. The van der Waals surface area contributed by atoms with Gasteiger partial charge in [-0.3, -0.25) is 9.78 Å². The van der Waals surface area contributed by atoms with Crippen LogP contribution in [0.2, 0.25) is 0 Å². The molecule has 1 heterocycles. The molecule has 0 fully saturated rings. The number of carbonyl (C=O) groups is 1. The average molecular weight is 416 g/mol. The summed E-state index contributed by atoms with van der Waals surface area (Å²) < 4.78 is 6.72. The maximum absolute atomic E-state index is 12.2. The van der Waals surface area contributed by atoms with Crippen molar-refractivity contribution in [3.8, 4) is 11.5 Å². The molecule has 0 aliphatic heterocycles. The molecular weight excluding hydrogens is 403 g/mol. The summed E-state index contributed by atoms with van der Waals surface area (Å²) in [5.74, 6) is 1.16. The van der Waals surface area contributed by atoms with Crippen LogP contribution in [-0.4, -0.2) is 10.9 Å². The number of hydrogen-bond acceptors (Lipinski definition) is 3. The van der Waals surface area contributed by atoms with Gasteiger partial charge in [0.2, 0.25) is 0 Å². The van der Waals surface area contributed by atoms with Gasteiger partial charge in [0.25, 0.3) is 5.91 Å². The van der Waals surface area contributed by atoms with E-state index in [0.717, 1.165) is 9.26 Å². The summed E-state index contributed by atoms with van der Waals surface area (Å²) in [5, 5.41) is 2.87. The summed E-state index contributed by atoms with van der Waals surface area (Å²) in [7, 11) is 0. The number of rotatable bonds is 4. The molecule has 0 atom stereocenters. The molecule has 114 valence electrons. The monoisotopic (exact) mass is 416 g/mol. The van der Waals surface area contributed by atoms with E-state index >= 15 is 0 Å². The van der Waals surface area contributed by atoms with Crippen molar-refractivity contribution in [2.45, 2.75) is 0 Å². The van der Waals surface area contributed by atoms with Crippen molar-refractivity contribution >= 4 is 34.2 Å². The maximum atomic E-state index is 12.2. The van der Waals surface area contributed by atoms with Crippen LogP contribution in [0.25, 0.3) is 0 Å². The Hall–Kier alpha value is -2.41. The van der Waals surface area contributed by atoms with Gasteiger partial charge in [-0.05, 0) is 77.2 Å². The van der Waals surface area contributed by atoms with E-state index in [0.29, 0.717) is 17.1 Å². The number of ether oxygens (including phenoxy) is 1. The number of nitrogens with one attached hydrogen (secondary N) is 1. The zero-order valence-electron chi connectivity index (χ0n) is 12.1. The van der Waals surface area contributed by atoms with Gasteiger partial charge < -0.3 is 10.1 Å². The second kappa shape index (κ2) is 7.23. The fraction of sp³-hybridized carbons (Fsp3) is 0. The first-order valence-electron chi connectivity index (χ1n) is 6.95. The zero-order chi connectivity index (χ0) is 16.1. The Labute approximate surface area is 147 Å². The van der Waals surface area contributed by atoms with Gasteiger partial charge in [-0.25, -0.2) is 0 Å². The summed E-state index contributed by atoms with van der Waals surface area (Å²) in [4.78, 5) is 16.2. The van der Waals surface area contributed by atoms with E-state index < -0.39 is 0 Å². The molecule has 0 aliphatic carbocycles. The van der Waals surface area contributed by atoms with E-state index in [-0.39, 0.29) is 5.91 Å². The molecule has 0 saturated heterocycles. The third kappa shape index (κ3) is 4.29. The van der Waals surface area contributed by atoms with E-state index in [1.165, 1.54) is 0 Å². The number of hydrogen-bond donors (Lipinski definition) is 1. The highest BCUT2D eigenvalue weighted by Crippen LogP contribution is 2.21. The molecule has 1 aromatic heterocycles. The standard InChI is InChI=1S/C18H13IN2O2/c19-14-3-1-4-15(11-14)21-18(22)13-6-8-16(9-7-13)23-17-5-2-10-20-12-17/h1-12H,(H,21,22). The third-order valence-corrected chi connectivity index (χ3v) is 3.74. The Kier molecular flexibility index (Phi) is 4.87. The van der Waals surface area contributed by atoms with Crippen LogP contribution in [0, 0.1) is 3.57 Å². The summed E-state index contributed by atoms with van der Waals surface area (Å²) in [6, 6.07) is 18.3. The highest BCUT2D eigenvalue weighted by molar-refractivity contribution is 14.1. The number of nitrogens with zero attached hydrogens (tertiary/aromatic N) is 1. The molecule has 3 aromatic rings. The first kappa shape index (κ1) is 15.5. The van der Waals surface area contributed by atoms with Gasteiger partial charge in [0.15, 0.2) is 0 Å². The SMILES string of the molecule is O=C(Nc1cccc(I)c1)c1ccc(Oc2cccnc2)cc1. The van der Waals surface area contributed by atoms with Crippen molar-refractivity contribution in [2.24, 2.45) is 0 Å². The van der Waals surface area contributed by atoms with Crippen LogP contribution >= 0.6 is 22.6 Å². The number of anilines is 1. The smallest absolute Gasteiger partial charge is 0.255 e. The number of pyridine rings is 1. The zero-order valence-corrected chi connectivity index (χ0v) is 14.2. The van der Waals surface area contributed by atoms with E-state index in [4.69, 9.17) is 4.74 Å². The lowest BCUT2D eigenvalue weighted by Gasteiger charge is -2.08. The maximum Gasteiger partial charge on any atom is 0.255 e. The molecule has 1 amide bonds. The molecule has 0 spiro atoms. The van der Waals surface area contributed by atoms with Crippen molar-refractivity contribution in [3.05, 3.63) is 82.2 Å². The fourth-order valence-electron chi connectivity index (χ4n) is 1.99. The molecule has 23 heavy (non-hydrogen) atoms. The third-order valence-electron chi connectivity index (χ3n) is 3.07. The number of carbonyl (C=O) groups excluding carboxylic acids is 1. The van der Waals surface area contributed by atoms with Crippen LogP contribution in [0.3, 0.4) is 0 Å². The Morgan fingerprint density at radius 3 is 2.52 bits per heavy atom. The number of amides is 1. The van der Waals surface area contributed by atoms with E-state index in [9.17, 15) is 4.79 Å². The molecule has 4 nitrogen and oxygen atoms in total. The topological polar surface area (TPSA) is 51.2 Å². The molecular formula is C18H13IN2O2. The molecule has 0 unspecified atom stereocenters. The lowest BCUT2D eigenvalue weighted by molar-refractivity contribution is 0.102. The Morgan fingerprint density at radius 2 is 1.83 bits per heavy atom. The fourth-order valence-corrected chi connectivity index (χ4v) is 2.53. The minimum Gasteiger partial charge on any atom is -0.456 e. The summed E-state index contributed by atoms with van der Waals surface area (Å²) in [6.45, 7) is 0. The van der Waals surface area contributed by atoms with Crippen LogP contribution in [0.5, 0.6) is 11.5 Å². The van der Waals surface area contributed by atoms with E-state index in [1.807, 2.05) is 30.3 Å². The second-order valence-electron chi connectivity index (χ2n) is 4.78. The van der Waals surface area contributed by atoms with Crippen molar-refractivity contribution in [3.63, 3.8) is 0 Å². The van der Waals surface area contributed by atoms with Crippen LogP contribution in [0.1, 0.15) is 10.4 Å². The highest BCUT2D eigenvalue weighted by Gasteiger charge is 2.07. The first-order chi connectivity index (χ1) is 11.2. The van der Waals surface area contributed by atoms with Crippen molar-refractivity contribution in [1.29, 1.82) is 0 Å². The van der Waals surface area contributed by atoms with E-state index in [2.05, 4.69) is 32.9 Å². The Bertz CT molecular complexity index is 805. The van der Waals surface area contributed by atoms with Gasteiger partial charge >= 0.3 is 0 Å². The first-order valence-corrected chi connectivity index (χ1v) is 8.03. The number of benzene rings is 2. The van der Waals surface area contributed by atoms with Gasteiger partial charge in [-0.2, -0.15) is 0 Å². The normalized spacial score (nSPS) is 10.1. The van der Waals surface area contributed by atoms with Gasteiger partial charge in [-0.1, -0.05) is 6.07 Å². The molecule has 1 N–H and O–H groups in total.